The quantitative estimate of drug-likeness (QED) is 0.840. The van der Waals surface area contributed by atoms with Crippen molar-refractivity contribution in [3.05, 3.63) is 28.5 Å². The summed E-state index contributed by atoms with van der Waals surface area (Å²) in [5, 5.41) is 8.40. The summed E-state index contributed by atoms with van der Waals surface area (Å²) in [6.07, 6.45) is 0. The minimum absolute atomic E-state index is 0.128. The van der Waals surface area contributed by atoms with Gasteiger partial charge in [-0.1, -0.05) is 20.8 Å². The molecule has 2 heterocycles. The number of rotatable bonds is 2. The first-order valence-electron chi connectivity index (χ1n) is 5.81. The molecular formula is C12H17ClN4O. The lowest BCUT2D eigenvalue weighted by molar-refractivity contribution is 0.437. The van der Waals surface area contributed by atoms with Gasteiger partial charge in [0.2, 0.25) is 11.2 Å². The Hall–Kier alpha value is -1.36. The highest BCUT2D eigenvalue weighted by Crippen LogP contribution is 2.24. The Labute approximate surface area is 111 Å². The van der Waals surface area contributed by atoms with Gasteiger partial charge in [-0.05, 0) is 25.4 Å². The van der Waals surface area contributed by atoms with Crippen LogP contribution in [0.15, 0.2) is 4.42 Å². The normalized spacial score (nSPS) is 12.1. The average Bonchev–Trinajstić information content (AvgIpc) is 2.73. The summed E-state index contributed by atoms with van der Waals surface area (Å²) in [6, 6.07) is 0. The van der Waals surface area contributed by atoms with Crippen molar-refractivity contribution in [1.82, 2.24) is 19.7 Å². The monoisotopic (exact) mass is 268 g/mol. The van der Waals surface area contributed by atoms with Gasteiger partial charge in [0.1, 0.15) is 18.1 Å². The molecule has 0 saturated heterocycles. The lowest BCUT2D eigenvalue weighted by Crippen LogP contribution is -2.19. The standard InChI is InChI=1S/C12H17ClN4O/c1-7-8(2)18-9(14-7)6-17-10(12(3,4)5)15-16-11(17)13/h6H2,1-5H3. The second-order valence-corrected chi connectivity index (χ2v) is 5.72. The van der Waals surface area contributed by atoms with Crippen molar-refractivity contribution >= 4 is 11.6 Å². The maximum absolute atomic E-state index is 6.07. The molecule has 98 valence electrons. The Kier molecular flexibility index (Phi) is 3.19. The number of nitrogens with zero attached hydrogens (tertiary/aromatic N) is 4. The molecule has 2 aromatic heterocycles. The molecule has 0 aromatic carbocycles. The van der Waals surface area contributed by atoms with Gasteiger partial charge in [0, 0.05) is 5.41 Å². The maximum atomic E-state index is 6.07. The van der Waals surface area contributed by atoms with E-state index < -0.39 is 0 Å². The van der Waals surface area contributed by atoms with E-state index in [4.69, 9.17) is 16.0 Å². The fraction of sp³-hybridized carbons (Fsp3) is 0.583. The highest BCUT2D eigenvalue weighted by molar-refractivity contribution is 6.28. The third-order valence-corrected chi connectivity index (χ3v) is 3.02. The topological polar surface area (TPSA) is 56.7 Å². The van der Waals surface area contributed by atoms with Gasteiger partial charge in [-0.3, -0.25) is 4.57 Å². The smallest absolute Gasteiger partial charge is 0.225 e. The molecule has 6 heteroatoms. The minimum atomic E-state index is -0.128. The van der Waals surface area contributed by atoms with Crippen LogP contribution in [0, 0.1) is 13.8 Å². The molecule has 18 heavy (non-hydrogen) atoms. The summed E-state index contributed by atoms with van der Waals surface area (Å²) in [5.74, 6) is 2.27. The summed E-state index contributed by atoms with van der Waals surface area (Å²) in [5.41, 5.74) is 0.767. The molecule has 0 aliphatic carbocycles. The second kappa shape index (κ2) is 4.39. The van der Waals surface area contributed by atoms with Gasteiger partial charge in [-0.2, -0.15) is 0 Å². The summed E-state index contributed by atoms with van der Waals surface area (Å²) in [6.45, 7) is 10.5. The van der Waals surface area contributed by atoms with E-state index in [0.29, 0.717) is 17.7 Å². The number of aromatic nitrogens is 4. The Morgan fingerprint density at radius 3 is 2.39 bits per heavy atom. The van der Waals surface area contributed by atoms with Crippen LogP contribution in [-0.2, 0) is 12.0 Å². The molecule has 0 spiro atoms. The van der Waals surface area contributed by atoms with E-state index in [9.17, 15) is 0 Å². The van der Waals surface area contributed by atoms with E-state index in [1.807, 2.05) is 18.4 Å². The molecule has 0 fully saturated rings. The first-order chi connectivity index (χ1) is 8.29. The van der Waals surface area contributed by atoms with Crippen LogP contribution in [-0.4, -0.2) is 19.7 Å². The van der Waals surface area contributed by atoms with Crippen LogP contribution in [0.2, 0.25) is 5.28 Å². The van der Waals surface area contributed by atoms with Crippen molar-refractivity contribution < 1.29 is 4.42 Å². The Balaban J connectivity index is 2.37. The van der Waals surface area contributed by atoms with Crippen LogP contribution in [0.4, 0.5) is 0 Å². The molecule has 2 aromatic rings. The minimum Gasteiger partial charge on any atom is -0.444 e. The van der Waals surface area contributed by atoms with Crippen molar-refractivity contribution in [3.63, 3.8) is 0 Å². The van der Waals surface area contributed by atoms with Crippen LogP contribution < -0.4 is 0 Å². The average molecular weight is 269 g/mol. The SMILES string of the molecule is Cc1nc(Cn2c(Cl)nnc2C(C)(C)C)oc1C. The fourth-order valence-electron chi connectivity index (χ4n) is 1.72. The lowest BCUT2D eigenvalue weighted by atomic mass is 9.96. The van der Waals surface area contributed by atoms with Gasteiger partial charge < -0.3 is 4.42 Å². The second-order valence-electron chi connectivity index (χ2n) is 5.38. The van der Waals surface area contributed by atoms with Crippen LogP contribution in [0.3, 0.4) is 0 Å². The number of halogens is 1. The summed E-state index contributed by atoms with van der Waals surface area (Å²) in [7, 11) is 0. The maximum Gasteiger partial charge on any atom is 0.225 e. The predicted octanol–water partition coefficient (Wildman–Crippen LogP) is 2.88. The van der Waals surface area contributed by atoms with E-state index in [2.05, 4.69) is 36.0 Å². The van der Waals surface area contributed by atoms with Crippen LogP contribution in [0.5, 0.6) is 0 Å². The van der Waals surface area contributed by atoms with E-state index in [0.717, 1.165) is 17.3 Å². The van der Waals surface area contributed by atoms with Crippen molar-refractivity contribution in [3.8, 4) is 0 Å². The fourth-order valence-corrected chi connectivity index (χ4v) is 1.90. The molecule has 0 unspecified atom stereocenters. The summed E-state index contributed by atoms with van der Waals surface area (Å²) >= 11 is 6.07. The van der Waals surface area contributed by atoms with Gasteiger partial charge in [-0.25, -0.2) is 4.98 Å². The molecule has 0 bridgehead atoms. The summed E-state index contributed by atoms with van der Waals surface area (Å²) < 4.78 is 7.39. The van der Waals surface area contributed by atoms with Crippen molar-refractivity contribution in [1.29, 1.82) is 0 Å². The first kappa shape index (κ1) is 13.1. The van der Waals surface area contributed by atoms with Crippen molar-refractivity contribution in [2.75, 3.05) is 0 Å². The Bertz CT molecular complexity index is 546. The van der Waals surface area contributed by atoms with Crippen LogP contribution in [0.1, 0.15) is 43.9 Å². The van der Waals surface area contributed by atoms with Gasteiger partial charge in [-0.15, -0.1) is 10.2 Å². The van der Waals surface area contributed by atoms with Gasteiger partial charge in [0.15, 0.2) is 0 Å². The zero-order chi connectivity index (χ0) is 13.5. The predicted molar refractivity (Wildman–Crippen MR) is 68.8 cm³/mol. The van der Waals surface area contributed by atoms with E-state index in [1.165, 1.54) is 0 Å². The van der Waals surface area contributed by atoms with E-state index in [-0.39, 0.29) is 5.41 Å². The van der Waals surface area contributed by atoms with Crippen molar-refractivity contribution in [2.24, 2.45) is 0 Å². The molecule has 0 aliphatic rings. The molecule has 0 radical (unpaired) electrons. The molecule has 0 aliphatic heterocycles. The van der Waals surface area contributed by atoms with Crippen molar-refractivity contribution in [2.45, 2.75) is 46.6 Å². The molecule has 0 atom stereocenters. The van der Waals surface area contributed by atoms with Gasteiger partial charge >= 0.3 is 0 Å². The molecule has 5 nitrogen and oxygen atoms in total. The number of oxazole rings is 1. The molecule has 0 saturated carbocycles. The lowest BCUT2D eigenvalue weighted by Gasteiger charge is -2.18. The largest absolute Gasteiger partial charge is 0.444 e. The molecule has 0 N–H and O–H groups in total. The highest BCUT2D eigenvalue weighted by atomic mass is 35.5. The number of hydrogen-bond donors (Lipinski definition) is 0. The highest BCUT2D eigenvalue weighted by Gasteiger charge is 2.24. The van der Waals surface area contributed by atoms with Crippen LogP contribution in [0.25, 0.3) is 0 Å². The van der Waals surface area contributed by atoms with Gasteiger partial charge in [0.05, 0.1) is 5.69 Å². The van der Waals surface area contributed by atoms with Crippen LogP contribution >= 0.6 is 11.6 Å². The number of hydrogen-bond acceptors (Lipinski definition) is 4. The zero-order valence-corrected chi connectivity index (χ0v) is 12.0. The summed E-state index contributed by atoms with van der Waals surface area (Å²) in [4.78, 5) is 4.35. The molecule has 0 amide bonds. The zero-order valence-electron chi connectivity index (χ0n) is 11.3. The van der Waals surface area contributed by atoms with E-state index >= 15 is 0 Å². The molecular weight excluding hydrogens is 252 g/mol. The third-order valence-electron chi connectivity index (χ3n) is 2.74. The van der Waals surface area contributed by atoms with Gasteiger partial charge in [0.25, 0.3) is 0 Å². The first-order valence-corrected chi connectivity index (χ1v) is 6.19. The Morgan fingerprint density at radius 1 is 1.22 bits per heavy atom. The third kappa shape index (κ3) is 2.41. The Morgan fingerprint density at radius 2 is 1.89 bits per heavy atom. The number of aryl methyl sites for hydroxylation is 2. The molecule has 2 rings (SSSR count). The van der Waals surface area contributed by atoms with E-state index in [1.54, 1.807) is 0 Å².